The fraction of sp³-hybridized carbons (Fsp3) is 0.158. The van der Waals surface area contributed by atoms with Gasteiger partial charge in [-0.3, -0.25) is 30.0 Å². The summed E-state index contributed by atoms with van der Waals surface area (Å²) in [5, 5.41) is 2.37. The lowest BCUT2D eigenvalue weighted by Gasteiger charge is -2.09. The summed E-state index contributed by atoms with van der Waals surface area (Å²) in [4.78, 5) is 46.8. The maximum absolute atomic E-state index is 13.4. The van der Waals surface area contributed by atoms with E-state index in [0.717, 1.165) is 11.6 Å². The first-order valence-corrected chi connectivity index (χ1v) is 8.21. The number of carbonyl (C=O) groups is 4. The third kappa shape index (κ3) is 6.20. The van der Waals surface area contributed by atoms with Gasteiger partial charge in [-0.15, -0.1) is 0 Å². The van der Waals surface area contributed by atoms with E-state index in [-0.39, 0.29) is 5.56 Å². The van der Waals surface area contributed by atoms with Crippen LogP contribution in [-0.2, 0) is 14.3 Å². The fourth-order valence-corrected chi connectivity index (χ4v) is 2.11. The van der Waals surface area contributed by atoms with Crippen molar-refractivity contribution in [1.82, 2.24) is 16.2 Å². The van der Waals surface area contributed by atoms with Crippen LogP contribution in [0.15, 0.2) is 48.5 Å². The van der Waals surface area contributed by atoms with Gasteiger partial charge in [0.25, 0.3) is 17.7 Å². The Morgan fingerprint density at radius 3 is 2.43 bits per heavy atom. The zero-order valence-electron chi connectivity index (χ0n) is 15.0. The third-order valence-corrected chi connectivity index (χ3v) is 3.47. The highest BCUT2D eigenvalue weighted by atomic mass is 19.1. The topological polar surface area (TPSA) is 114 Å². The Bertz CT molecular complexity index is 901. The van der Waals surface area contributed by atoms with Crippen molar-refractivity contribution in [2.24, 2.45) is 0 Å². The molecule has 0 fully saturated rings. The molecule has 28 heavy (non-hydrogen) atoms. The quantitative estimate of drug-likeness (QED) is 0.503. The predicted octanol–water partition coefficient (Wildman–Crippen LogP) is 0.868. The van der Waals surface area contributed by atoms with Gasteiger partial charge in [0.1, 0.15) is 12.4 Å². The van der Waals surface area contributed by atoms with Crippen LogP contribution in [0.4, 0.5) is 4.39 Å². The monoisotopic (exact) mass is 387 g/mol. The second-order valence-corrected chi connectivity index (χ2v) is 5.69. The minimum Gasteiger partial charge on any atom is -0.454 e. The maximum Gasteiger partial charge on any atom is 0.325 e. The number of ether oxygens (including phenoxy) is 1. The maximum atomic E-state index is 13.4. The van der Waals surface area contributed by atoms with Gasteiger partial charge >= 0.3 is 5.97 Å². The Hall–Kier alpha value is -3.75. The van der Waals surface area contributed by atoms with E-state index >= 15 is 0 Å². The molecule has 0 aromatic heterocycles. The van der Waals surface area contributed by atoms with Crippen molar-refractivity contribution >= 4 is 23.7 Å². The van der Waals surface area contributed by atoms with E-state index in [4.69, 9.17) is 0 Å². The standard InChI is InChI=1S/C19H18FN3O5/c1-12-5-4-6-13(9-12)18(26)21-10-17(25)28-11-16(24)22-23-19(27)14-7-2-3-8-15(14)20/h2-9H,10-11H2,1H3,(H,21,26)(H,22,24)(H,23,27). The van der Waals surface area contributed by atoms with E-state index in [1.165, 1.54) is 18.2 Å². The molecule has 146 valence electrons. The molecule has 8 nitrogen and oxygen atoms in total. The molecular weight excluding hydrogens is 369 g/mol. The van der Waals surface area contributed by atoms with E-state index < -0.39 is 42.7 Å². The molecular formula is C19H18FN3O5. The number of hydrogen-bond acceptors (Lipinski definition) is 5. The first-order valence-electron chi connectivity index (χ1n) is 8.21. The Labute approximate surface area is 160 Å². The van der Waals surface area contributed by atoms with Gasteiger partial charge in [-0.05, 0) is 31.2 Å². The molecule has 0 heterocycles. The van der Waals surface area contributed by atoms with Gasteiger partial charge in [0.2, 0.25) is 0 Å². The van der Waals surface area contributed by atoms with Crippen LogP contribution in [0, 0.1) is 12.7 Å². The zero-order chi connectivity index (χ0) is 20.5. The van der Waals surface area contributed by atoms with Crippen molar-refractivity contribution in [1.29, 1.82) is 0 Å². The van der Waals surface area contributed by atoms with Crippen LogP contribution in [0.5, 0.6) is 0 Å². The van der Waals surface area contributed by atoms with Gasteiger partial charge in [-0.25, -0.2) is 4.39 Å². The lowest BCUT2D eigenvalue weighted by molar-refractivity contribution is -0.147. The molecule has 3 N–H and O–H groups in total. The second-order valence-electron chi connectivity index (χ2n) is 5.69. The fourth-order valence-electron chi connectivity index (χ4n) is 2.11. The summed E-state index contributed by atoms with van der Waals surface area (Å²) in [6, 6.07) is 12.0. The second kappa shape index (κ2) is 9.81. The van der Waals surface area contributed by atoms with Gasteiger partial charge in [0.15, 0.2) is 6.61 Å². The molecule has 0 aliphatic rings. The molecule has 2 aromatic rings. The SMILES string of the molecule is Cc1cccc(C(=O)NCC(=O)OCC(=O)NNC(=O)c2ccccc2F)c1. The van der Waals surface area contributed by atoms with Crippen molar-refractivity contribution in [3.8, 4) is 0 Å². The molecule has 0 radical (unpaired) electrons. The van der Waals surface area contributed by atoms with Crippen LogP contribution in [0.2, 0.25) is 0 Å². The van der Waals surface area contributed by atoms with E-state index in [0.29, 0.717) is 5.56 Å². The highest BCUT2D eigenvalue weighted by Gasteiger charge is 2.13. The average Bonchev–Trinajstić information content (AvgIpc) is 2.69. The smallest absolute Gasteiger partial charge is 0.325 e. The molecule has 0 aliphatic heterocycles. The number of halogens is 1. The molecule has 0 unspecified atom stereocenters. The van der Waals surface area contributed by atoms with Crippen molar-refractivity contribution in [2.45, 2.75) is 6.92 Å². The molecule has 0 saturated carbocycles. The molecule has 9 heteroatoms. The number of benzene rings is 2. The minimum absolute atomic E-state index is 0.251. The van der Waals surface area contributed by atoms with E-state index in [2.05, 4.69) is 10.1 Å². The first kappa shape index (κ1) is 20.6. The number of aryl methyl sites for hydroxylation is 1. The van der Waals surface area contributed by atoms with Crippen LogP contribution >= 0.6 is 0 Å². The summed E-state index contributed by atoms with van der Waals surface area (Å²) in [5.41, 5.74) is 5.02. The Morgan fingerprint density at radius 1 is 0.964 bits per heavy atom. The normalized spacial score (nSPS) is 9.93. The number of rotatable bonds is 6. The number of hydrogen-bond donors (Lipinski definition) is 3. The number of nitrogens with one attached hydrogen (secondary N) is 3. The lowest BCUT2D eigenvalue weighted by Crippen LogP contribution is -2.44. The summed E-state index contributed by atoms with van der Waals surface area (Å²) in [7, 11) is 0. The Balaban J connectivity index is 1.69. The molecule has 0 aliphatic carbocycles. The number of hydrazine groups is 1. The highest BCUT2D eigenvalue weighted by Crippen LogP contribution is 2.05. The van der Waals surface area contributed by atoms with Gasteiger partial charge < -0.3 is 10.1 Å². The van der Waals surface area contributed by atoms with Crippen LogP contribution in [-0.4, -0.2) is 36.8 Å². The molecule has 3 amide bonds. The molecule has 2 rings (SSSR count). The van der Waals surface area contributed by atoms with Crippen LogP contribution < -0.4 is 16.2 Å². The van der Waals surface area contributed by atoms with Gasteiger partial charge in [0, 0.05) is 5.56 Å². The molecule has 0 spiro atoms. The Kier molecular flexibility index (Phi) is 7.21. The lowest BCUT2D eigenvalue weighted by atomic mass is 10.1. The van der Waals surface area contributed by atoms with Crippen molar-refractivity contribution in [3.63, 3.8) is 0 Å². The molecule has 0 bridgehead atoms. The van der Waals surface area contributed by atoms with Crippen LogP contribution in [0.1, 0.15) is 26.3 Å². The van der Waals surface area contributed by atoms with Gasteiger partial charge in [-0.1, -0.05) is 29.8 Å². The van der Waals surface area contributed by atoms with Crippen molar-refractivity contribution in [3.05, 3.63) is 71.0 Å². The van der Waals surface area contributed by atoms with Gasteiger partial charge in [0.05, 0.1) is 5.56 Å². The molecule has 2 aromatic carbocycles. The number of esters is 1. The zero-order valence-corrected chi connectivity index (χ0v) is 15.0. The van der Waals surface area contributed by atoms with E-state index in [9.17, 15) is 23.6 Å². The van der Waals surface area contributed by atoms with Crippen molar-refractivity contribution in [2.75, 3.05) is 13.2 Å². The average molecular weight is 387 g/mol. The van der Waals surface area contributed by atoms with E-state index in [1.807, 2.05) is 23.8 Å². The summed E-state index contributed by atoms with van der Waals surface area (Å²) < 4.78 is 18.1. The number of carbonyl (C=O) groups excluding carboxylic acids is 4. The summed E-state index contributed by atoms with van der Waals surface area (Å²) in [5.74, 6) is -3.73. The van der Waals surface area contributed by atoms with E-state index in [1.54, 1.807) is 18.2 Å². The molecule has 0 saturated heterocycles. The Morgan fingerprint density at radius 2 is 1.71 bits per heavy atom. The third-order valence-electron chi connectivity index (χ3n) is 3.47. The van der Waals surface area contributed by atoms with Crippen molar-refractivity contribution < 1.29 is 28.3 Å². The first-order chi connectivity index (χ1) is 13.4. The molecule has 0 atom stereocenters. The minimum atomic E-state index is -0.858. The van der Waals surface area contributed by atoms with Crippen LogP contribution in [0.25, 0.3) is 0 Å². The summed E-state index contributed by atoms with van der Waals surface area (Å²) in [6.07, 6.45) is 0. The van der Waals surface area contributed by atoms with Gasteiger partial charge in [-0.2, -0.15) is 0 Å². The predicted molar refractivity (Wildman–Crippen MR) is 96.5 cm³/mol. The summed E-state index contributed by atoms with van der Waals surface area (Å²) >= 11 is 0. The van der Waals surface area contributed by atoms with Crippen LogP contribution in [0.3, 0.4) is 0 Å². The number of amides is 3. The highest BCUT2D eigenvalue weighted by molar-refractivity contribution is 5.97. The summed E-state index contributed by atoms with van der Waals surface area (Å²) in [6.45, 7) is 0.715. The largest absolute Gasteiger partial charge is 0.454 e.